The zero-order chi connectivity index (χ0) is 18.5. The lowest BCUT2D eigenvalue weighted by molar-refractivity contribution is -0.135. The van der Waals surface area contributed by atoms with Gasteiger partial charge in [0.2, 0.25) is 5.91 Å². The summed E-state index contributed by atoms with van der Waals surface area (Å²) in [7, 11) is 1.73. The minimum Gasteiger partial charge on any atom is -0.393 e. The minimum absolute atomic E-state index is 0.0926. The monoisotopic (exact) mass is 378 g/mol. The molecule has 6 nitrogen and oxygen atoms in total. The lowest BCUT2D eigenvalue weighted by Gasteiger charge is -2.36. The van der Waals surface area contributed by atoms with Crippen molar-refractivity contribution in [2.75, 3.05) is 33.2 Å². The highest BCUT2D eigenvalue weighted by atomic mass is 35.5. The Morgan fingerprint density at radius 3 is 2.69 bits per heavy atom. The van der Waals surface area contributed by atoms with E-state index in [-0.39, 0.29) is 17.9 Å². The third-order valence-electron chi connectivity index (χ3n) is 5.26. The molecule has 0 radical (unpaired) electrons. The van der Waals surface area contributed by atoms with Crippen molar-refractivity contribution in [3.8, 4) is 0 Å². The number of nitrogens with one attached hydrogen (secondary N) is 1. The smallest absolute Gasteiger partial charge is 0.242 e. The van der Waals surface area contributed by atoms with E-state index in [0.717, 1.165) is 37.3 Å². The summed E-state index contributed by atoms with van der Waals surface area (Å²) >= 11 is 5.92. The van der Waals surface area contributed by atoms with Gasteiger partial charge in [0.05, 0.1) is 12.6 Å². The van der Waals surface area contributed by atoms with Crippen LogP contribution in [0.3, 0.4) is 0 Å². The van der Waals surface area contributed by atoms with E-state index in [1.165, 1.54) is 0 Å². The normalized spacial score (nSPS) is 24.3. The van der Waals surface area contributed by atoms with Gasteiger partial charge in [-0.25, -0.2) is 0 Å². The van der Waals surface area contributed by atoms with Gasteiger partial charge in [0.15, 0.2) is 5.96 Å². The number of rotatable bonds is 4. The van der Waals surface area contributed by atoms with Crippen LogP contribution in [-0.2, 0) is 11.3 Å². The van der Waals surface area contributed by atoms with Crippen LogP contribution in [0, 0.1) is 5.92 Å². The second kappa shape index (κ2) is 8.73. The molecule has 0 spiro atoms. The molecule has 1 aliphatic carbocycles. The Kier molecular flexibility index (Phi) is 6.38. The molecule has 1 heterocycles. The Bertz CT molecular complexity index is 649. The molecule has 3 rings (SSSR count). The fourth-order valence-electron chi connectivity index (χ4n) is 3.68. The number of piperazine rings is 1. The number of benzene rings is 1. The van der Waals surface area contributed by atoms with Crippen molar-refractivity contribution in [2.45, 2.75) is 31.9 Å². The summed E-state index contributed by atoms with van der Waals surface area (Å²) in [5.74, 6) is 1.10. The molecule has 142 valence electrons. The predicted octanol–water partition coefficient (Wildman–Crippen LogP) is 1.72. The zero-order valence-corrected chi connectivity index (χ0v) is 16.0. The summed E-state index contributed by atoms with van der Waals surface area (Å²) < 4.78 is 0. The van der Waals surface area contributed by atoms with Crippen LogP contribution in [0.1, 0.15) is 24.8 Å². The molecular weight excluding hydrogens is 352 g/mol. The fourth-order valence-corrected chi connectivity index (χ4v) is 3.80. The zero-order valence-electron chi connectivity index (χ0n) is 15.2. The first-order valence-corrected chi connectivity index (χ1v) is 9.60. The Morgan fingerprint density at radius 2 is 2.08 bits per heavy atom. The molecule has 1 saturated heterocycles. The number of amides is 1. The number of carbonyl (C=O) groups is 1. The van der Waals surface area contributed by atoms with E-state index in [2.05, 4.69) is 10.3 Å². The van der Waals surface area contributed by atoms with Crippen LogP contribution in [0.5, 0.6) is 0 Å². The molecule has 2 aliphatic rings. The number of guanidine groups is 1. The van der Waals surface area contributed by atoms with E-state index < -0.39 is 0 Å². The third-order valence-corrected chi connectivity index (χ3v) is 5.51. The Morgan fingerprint density at radius 1 is 1.31 bits per heavy atom. The highest BCUT2D eigenvalue weighted by molar-refractivity contribution is 6.30. The second-order valence-corrected chi connectivity index (χ2v) is 7.49. The molecule has 2 atom stereocenters. The van der Waals surface area contributed by atoms with Gasteiger partial charge in [-0.3, -0.25) is 9.79 Å². The first-order valence-electron chi connectivity index (χ1n) is 9.22. The highest BCUT2D eigenvalue weighted by Gasteiger charge is 2.28. The molecule has 0 bridgehead atoms. The Hall–Kier alpha value is -1.79. The minimum atomic E-state index is -0.224. The van der Waals surface area contributed by atoms with Crippen LogP contribution in [0.4, 0.5) is 0 Å². The van der Waals surface area contributed by atoms with Crippen molar-refractivity contribution in [1.82, 2.24) is 15.1 Å². The molecule has 0 aromatic heterocycles. The molecule has 2 fully saturated rings. The first-order chi connectivity index (χ1) is 12.6. The number of nitrogens with zero attached hydrogens (tertiary/aromatic N) is 3. The summed E-state index contributed by atoms with van der Waals surface area (Å²) in [5, 5.41) is 14.0. The summed E-state index contributed by atoms with van der Waals surface area (Å²) in [5.41, 5.74) is 1.08. The number of halogens is 1. The standard InChI is InChI=1S/C19H27ClN4O2/c1-21-19(22-11-15-3-2-4-17(15)25)24-10-9-23(18(26)13-24)12-14-5-7-16(20)8-6-14/h5-8,15,17,25H,2-4,9-13H2,1H3,(H,21,22). The second-order valence-electron chi connectivity index (χ2n) is 7.05. The summed E-state index contributed by atoms with van der Waals surface area (Å²) in [4.78, 5) is 20.7. The van der Waals surface area contributed by atoms with E-state index in [1.54, 1.807) is 7.05 Å². The molecular formula is C19H27ClN4O2. The van der Waals surface area contributed by atoms with Gasteiger partial charge in [-0.15, -0.1) is 0 Å². The molecule has 1 aromatic carbocycles. The number of aliphatic imine (C=N–C) groups is 1. The van der Waals surface area contributed by atoms with Crippen molar-refractivity contribution in [1.29, 1.82) is 0 Å². The SMILES string of the molecule is CN=C(NCC1CCCC1O)N1CCN(Cc2ccc(Cl)cc2)C(=O)C1. The summed E-state index contributed by atoms with van der Waals surface area (Å²) in [6, 6.07) is 7.60. The van der Waals surface area contributed by atoms with Gasteiger partial charge in [0, 0.05) is 44.2 Å². The average molecular weight is 379 g/mol. The molecule has 1 aliphatic heterocycles. The molecule has 1 amide bonds. The lowest BCUT2D eigenvalue weighted by atomic mass is 10.1. The fraction of sp³-hybridized carbons (Fsp3) is 0.579. The lowest BCUT2D eigenvalue weighted by Crippen LogP contribution is -2.55. The van der Waals surface area contributed by atoms with Gasteiger partial charge in [0.1, 0.15) is 0 Å². The number of aliphatic hydroxyl groups is 1. The maximum Gasteiger partial charge on any atom is 0.242 e. The summed E-state index contributed by atoms with van der Waals surface area (Å²) in [6.07, 6.45) is 2.78. The van der Waals surface area contributed by atoms with Crippen LogP contribution >= 0.6 is 11.6 Å². The molecule has 1 aromatic rings. The first kappa shape index (κ1) is 19.0. The van der Waals surface area contributed by atoms with E-state index in [9.17, 15) is 9.90 Å². The number of carbonyl (C=O) groups excluding carboxylic acids is 1. The number of hydrogen-bond donors (Lipinski definition) is 2. The topological polar surface area (TPSA) is 68.2 Å². The van der Waals surface area contributed by atoms with Gasteiger partial charge < -0.3 is 20.2 Å². The summed E-state index contributed by atoms with van der Waals surface area (Å²) in [6.45, 7) is 3.03. The predicted molar refractivity (Wildman–Crippen MR) is 103 cm³/mol. The van der Waals surface area contributed by atoms with Crippen molar-refractivity contribution in [2.24, 2.45) is 10.9 Å². The quantitative estimate of drug-likeness (QED) is 0.618. The Balaban J connectivity index is 1.51. The number of hydrogen-bond acceptors (Lipinski definition) is 3. The average Bonchev–Trinajstić information content (AvgIpc) is 3.04. The molecule has 2 unspecified atom stereocenters. The van der Waals surface area contributed by atoms with E-state index in [1.807, 2.05) is 34.1 Å². The van der Waals surface area contributed by atoms with Gasteiger partial charge in [-0.1, -0.05) is 30.2 Å². The van der Waals surface area contributed by atoms with Crippen LogP contribution < -0.4 is 5.32 Å². The van der Waals surface area contributed by atoms with Crippen molar-refractivity contribution in [3.63, 3.8) is 0 Å². The van der Waals surface area contributed by atoms with E-state index in [4.69, 9.17) is 11.6 Å². The van der Waals surface area contributed by atoms with Crippen LogP contribution in [0.15, 0.2) is 29.3 Å². The van der Waals surface area contributed by atoms with E-state index in [0.29, 0.717) is 31.2 Å². The van der Waals surface area contributed by atoms with Crippen molar-refractivity contribution >= 4 is 23.5 Å². The molecule has 26 heavy (non-hydrogen) atoms. The highest BCUT2D eigenvalue weighted by Crippen LogP contribution is 2.24. The van der Waals surface area contributed by atoms with Gasteiger partial charge in [-0.05, 0) is 30.5 Å². The van der Waals surface area contributed by atoms with Gasteiger partial charge >= 0.3 is 0 Å². The Labute approximate surface area is 159 Å². The molecule has 7 heteroatoms. The molecule has 1 saturated carbocycles. The number of aliphatic hydroxyl groups excluding tert-OH is 1. The maximum absolute atomic E-state index is 12.5. The molecule has 2 N–H and O–H groups in total. The largest absolute Gasteiger partial charge is 0.393 e. The van der Waals surface area contributed by atoms with Crippen molar-refractivity contribution < 1.29 is 9.90 Å². The van der Waals surface area contributed by atoms with Crippen molar-refractivity contribution in [3.05, 3.63) is 34.9 Å². The maximum atomic E-state index is 12.5. The van der Waals surface area contributed by atoms with Gasteiger partial charge in [0.25, 0.3) is 0 Å². The van der Waals surface area contributed by atoms with Crippen LogP contribution in [0.2, 0.25) is 5.02 Å². The van der Waals surface area contributed by atoms with Crippen LogP contribution in [0.25, 0.3) is 0 Å². The third kappa shape index (κ3) is 4.68. The van der Waals surface area contributed by atoms with Crippen LogP contribution in [-0.4, -0.2) is 66.1 Å². The van der Waals surface area contributed by atoms with E-state index >= 15 is 0 Å². The van der Waals surface area contributed by atoms with Gasteiger partial charge in [-0.2, -0.15) is 0 Å².